The standard InChI is InChI=1S/C15H21N5O2S.2C2HF3O2/c1-2-23(21,22)18-9-15-12-19(10-13-4-3-6-16-8-13)11-14-5-7-17-20(14)15;2*3-2(4,5)1(6)7/h3-8,15,18H,2,9-12H2,1H3;2*(H,6,7). The summed E-state index contributed by atoms with van der Waals surface area (Å²) in [7, 11) is -3.20. The molecule has 2 aromatic heterocycles. The molecule has 3 rings (SSSR count). The number of carboxylic acids is 2. The van der Waals surface area contributed by atoms with Gasteiger partial charge in [0.05, 0.1) is 17.5 Å². The van der Waals surface area contributed by atoms with Crippen molar-refractivity contribution in [1.82, 2.24) is 24.4 Å². The number of hydrogen-bond donors (Lipinski definition) is 3. The molecule has 0 aliphatic carbocycles. The summed E-state index contributed by atoms with van der Waals surface area (Å²) < 4.78 is 91.5. The van der Waals surface area contributed by atoms with Gasteiger partial charge in [-0.2, -0.15) is 31.4 Å². The monoisotopic (exact) mass is 563 g/mol. The Kier molecular flexibility index (Phi) is 11.5. The van der Waals surface area contributed by atoms with Crippen LogP contribution in [-0.2, 0) is 32.7 Å². The highest BCUT2D eigenvalue weighted by atomic mass is 32.2. The lowest BCUT2D eigenvalue weighted by Gasteiger charge is -2.34. The summed E-state index contributed by atoms with van der Waals surface area (Å²) in [6.45, 7) is 4.32. The summed E-state index contributed by atoms with van der Waals surface area (Å²) in [5, 5.41) is 18.6. The van der Waals surface area contributed by atoms with Gasteiger partial charge in [0.1, 0.15) is 0 Å². The molecular weight excluding hydrogens is 540 g/mol. The number of aromatic nitrogens is 3. The molecule has 1 unspecified atom stereocenters. The lowest BCUT2D eigenvalue weighted by Crippen LogP contribution is -2.42. The third kappa shape index (κ3) is 11.6. The van der Waals surface area contributed by atoms with E-state index < -0.39 is 34.3 Å². The van der Waals surface area contributed by atoms with E-state index in [1.165, 1.54) is 0 Å². The molecule has 0 bridgehead atoms. The molecular formula is C19H23F6N5O6S. The number of hydrogen-bond acceptors (Lipinski definition) is 7. The Morgan fingerprint density at radius 2 is 1.65 bits per heavy atom. The Morgan fingerprint density at radius 3 is 2.11 bits per heavy atom. The summed E-state index contributed by atoms with van der Waals surface area (Å²) in [4.78, 5) is 24.2. The minimum Gasteiger partial charge on any atom is -0.475 e. The minimum absolute atomic E-state index is 0.00764. The third-order valence-corrected chi connectivity index (χ3v) is 5.85. The van der Waals surface area contributed by atoms with E-state index in [9.17, 15) is 34.8 Å². The number of carbonyl (C=O) groups is 2. The zero-order valence-electron chi connectivity index (χ0n) is 19.1. The normalized spacial score (nSPS) is 15.9. The first-order chi connectivity index (χ1) is 17.0. The van der Waals surface area contributed by atoms with Crippen molar-refractivity contribution in [1.29, 1.82) is 0 Å². The zero-order chi connectivity index (χ0) is 28.4. The maximum Gasteiger partial charge on any atom is 0.490 e. The average molecular weight is 563 g/mol. The van der Waals surface area contributed by atoms with Crippen LogP contribution in [0.25, 0.3) is 0 Å². The first-order valence-corrected chi connectivity index (χ1v) is 11.8. The maximum atomic E-state index is 11.7. The van der Waals surface area contributed by atoms with Gasteiger partial charge in [-0.1, -0.05) is 6.07 Å². The summed E-state index contributed by atoms with van der Waals surface area (Å²) in [5.74, 6) is -5.43. The molecule has 0 spiro atoms. The number of pyridine rings is 1. The topological polar surface area (TPSA) is 155 Å². The molecule has 11 nitrogen and oxygen atoms in total. The van der Waals surface area contributed by atoms with E-state index in [2.05, 4.69) is 19.7 Å². The molecule has 0 amide bonds. The number of carboxylic acid groups (broad SMARTS) is 2. The molecule has 18 heteroatoms. The molecule has 1 aliphatic heterocycles. The Labute approximate surface area is 206 Å². The van der Waals surface area contributed by atoms with Crippen molar-refractivity contribution in [2.75, 3.05) is 18.8 Å². The largest absolute Gasteiger partial charge is 0.490 e. The number of aliphatic carboxylic acids is 2. The predicted molar refractivity (Wildman–Crippen MR) is 114 cm³/mol. The smallest absolute Gasteiger partial charge is 0.475 e. The van der Waals surface area contributed by atoms with E-state index in [1.807, 2.05) is 29.1 Å². The predicted octanol–water partition coefficient (Wildman–Crippen LogP) is 2.04. The second kappa shape index (κ2) is 13.3. The molecule has 3 N–H and O–H groups in total. The van der Waals surface area contributed by atoms with E-state index in [4.69, 9.17) is 19.8 Å². The number of nitrogens with zero attached hydrogens (tertiary/aromatic N) is 4. The molecule has 37 heavy (non-hydrogen) atoms. The highest BCUT2D eigenvalue weighted by Gasteiger charge is 2.38. The number of alkyl halides is 6. The Morgan fingerprint density at radius 1 is 1.08 bits per heavy atom. The maximum absolute atomic E-state index is 11.7. The molecule has 0 aromatic carbocycles. The number of sulfonamides is 1. The highest BCUT2D eigenvalue weighted by Crippen LogP contribution is 2.21. The van der Waals surface area contributed by atoms with Crippen molar-refractivity contribution >= 4 is 22.0 Å². The quantitative estimate of drug-likeness (QED) is 0.448. The van der Waals surface area contributed by atoms with Crippen LogP contribution in [0.5, 0.6) is 0 Å². The molecule has 208 valence electrons. The zero-order valence-corrected chi connectivity index (χ0v) is 19.9. The van der Waals surface area contributed by atoms with Crippen LogP contribution in [0.15, 0.2) is 36.8 Å². The van der Waals surface area contributed by atoms with Crippen molar-refractivity contribution in [3.05, 3.63) is 48.0 Å². The van der Waals surface area contributed by atoms with Crippen LogP contribution in [0.3, 0.4) is 0 Å². The summed E-state index contributed by atoms with van der Waals surface area (Å²) in [6, 6.07) is 5.95. The van der Waals surface area contributed by atoms with Crippen molar-refractivity contribution in [3.63, 3.8) is 0 Å². The van der Waals surface area contributed by atoms with Crippen LogP contribution in [0.1, 0.15) is 24.2 Å². The summed E-state index contributed by atoms with van der Waals surface area (Å²) in [5.41, 5.74) is 2.24. The highest BCUT2D eigenvalue weighted by molar-refractivity contribution is 7.89. The van der Waals surface area contributed by atoms with E-state index in [1.54, 1.807) is 19.3 Å². The summed E-state index contributed by atoms with van der Waals surface area (Å²) in [6.07, 6.45) is -4.78. The Balaban J connectivity index is 0.000000404. The van der Waals surface area contributed by atoms with Crippen LogP contribution in [0, 0.1) is 0 Å². The van der Waals surface area contributed by atoms with E-state index in [0.29, 0.717) is 6.54 Å². The van der Waals surface area contributed by atoms with Gasteiger partial charge in [-0.25, -0.2) is 22.7 Å². The third-order valence-electron chi connectivity index (χ3n) is 4.49. The fraction of sp³-hybridized carbons (Fsp3) is 0.474. The first kappa shape index (κ1) is 31.8. The second-order valence-corrected chi connectivity index (χ2v) is 9.41. The van der Waals surface area contributed by atoms with E-state index >= 15 is 0 Å². The fourth-order valence-electron chi connectivity index (χ4n) is 2.81. The number of halogens is 6. The summed E-state index contributed by atoms with van der Waals surface area (Å²) >= 11 is 0. The van der Waals surface area contributed by atoms with Gasteiger partial charge in [0.25, 0.3) is 0 Å². The van der Waals surface area contributed by atoms with Crippen molar-refractivity contribution in [2.45, 2.75) is 38.4 Å². The second-order valence-electron chi connectivity index (χ2n) is 7.31. The van der Waals surface area contributed by atoms with Gasteiger partial charge in [0.2, 0.25) is 10.0 Å². The molecule has 1 aliphatic rings. The van der Waals surface area contributed by atoms with Crippen LogP contribution < -0.4 is 4.72 Å². The number of nitrogens with one attached hydrogen (secondary N) is 1. The fourth-order valence-corrected chi connectivity index (χ4v) is 3.46. The van der Waals surface area contributed by atoms with Gasteiger partial charge in [-0.05, 0) is 24.6 Å². The van der Waals surface area contributed by atoms with Crippen molar-refractivity contribution < 1.29 is 54.6 Å². The van der Waals surface area contributed by atoms with Gasteiger partial charge in [0.15, 0.2) is 0 Å². The molecule has 2 aromatic rings. The molecule has 1 atom stereocenters. The van der Waals surface area contributed by atoms with Crippen LogP contribution >= 0.6 is 0 Å². The van der Waals surface area contributed by atoms with Crippen LogP contribution in [0.2, 0.25) is 0 Å². The first-order valence-electron chi connectivity index (χ1n) is 10.2. The SMILES string of the molecule is CCS(=O)(=O)NCC1CN(Cc2cccnc2)Cc2ccnn21.O=C(O)C(F)(F)F.O=C(O)C(F)(F)F. The molecule has 0 saturated carbocycles. The van der Waals surface area contributed by atoms with Gasteiger partial charge in [-0.15, -0.1) is 0 Å². The van der Waals surface area contributed by atoms with E-state index in [-0.39, 0.29) is 11.8 Å². The Hall–Kier alpha value is -3.25. The molecule has 0 fully saturated rings. The molecule has 0 radical (unpaired) electrons. The van der Waals surface area contributed by atoms with Crippen molar-refractivity contribution in [2.24, 2.45) is 0 Å². The minimum atomic E-state index is -5.08. The molecule has 3 heterocycles. The average Bonchev–Trinajstić information content (AvgIpc) is 3.26. The van der Waals surface area contributed by atoms with Gasteiger partial charge < -0.3 is 10.2 Å². The van der Waals surface area contributed by atoms with Crippen molar-refractivity contribution in [3.8, 4) is 0 Å². The van der Waals surface area contributed by atoms with Gasteiger partial charge >= 0.3 is 24.3 Å². The number of fused-ring (bicyclic) bond motifs is 1. The van der Waals surface area contributed by atoms with Crippen LogP contribution in [0.4, 0.5) is 26.3 Å². The number of rotatable bonds is 6. The molecule has 0 saturated heterocycles. The Bertz CT molecular complexity index is 1100. The van der Waals surface area contributed by atoms with Gasteiger partial charge in [0, 0.05) is 44.8 Å². The lowest BCUT2D eigenvalue weighted by molar-refractivity contribution is -0.193. The lowest BCUT2D eigenvalue weighted by atomic mass is 10.1. The van der Waals surface area contributed by atoms with Gasteiger partial charge in [-0.3, -0.25) is 14.6 Å². The van der Waals surface area contributed by atoms with E-state index in [0.717, 1.165) is 30.9 Å². The van der Waals surface area contributed by atoms with Crippen LogP contribution in [-0.4, -0.2) is 81.4 Å².